The minimum absolute atomic E-state index is 0.0549. The minimum atomic E-state index is -0.654. The van der Waals surface area contributed by atoms with E-state index in [-0.39, 0.29) is 30.6 Å². The molecule has 2 aromatic rings. The van der Waals surface area contributed by atoms with E-state index in [0.717, 1.165) is 4.90 Å². The van der Waals surface area contributed by atoms with Gasteiger partial charge in [-0.3, -0.25) is 9.59 Å². The summed E-state index contributed by atoms with van der Waals surface area (Å²) in [6.07, 6.45) is 0.0549. The number of hydrogen-bond acceptors (Lipinski definition) is 4. The van der Waals surface area contributed by atoms with Crippen molar-refractivity contribution < 1.29 is 18.7 Å². The van der Waals surface area contributed by atoms with Crippen LogP contribution in [0.15, 0.2) is 48.5 Å². The molecule has 24 heavy (non-hydrogen) atoms. The van der Waals surface area contributed by atoms with E-state index in [4.69, 9.17) is 4.74 Å². The Balaban J connectivity index is 1.70. The van der Waals surface area contributed by atoms with Crippen LogP contribution in [0.1, 0.15) is 12.0 Å². The quantitative estimate of drug-likeness (QED) is 0.856. The Bertz CT molecular complexity index is 761. The van der Waals surface area contributed by atoms with Gasteiger partial charge >= 0.3 is 0 Å². The second-order valence-electron chi connectivity index (χ2n) is 5.49. The highest BCUT2D eigenvalue weighted by atomic mass is 19.1. The number of nitrogens with one attached hydrogen (secondary N) is 1. The molecule has 1 aliphatic rings. The Morgan fingerprint density at radius 2 is 1.88 bits per heavy atom. The summed E-state index contributed by atoms with van der Waals surface area (Å²) in [6, 6.07) is 12.4. The van der Waals surface area contributed by atoms with Crippen molar-refractivity contribution in [1.29, 1.82) is 0 Å². The maximum atomic E-state index is 13.6. The summed E-state index contributed by atoms with van der Waals surface area (Å²) in [4.78, 5) is 25.8. The number of amides is 2. The van der Waals surface area contributed by atoms with Gasteiger partial charge in [-0.15, -0.1) is 0 Å². The standard InChI is InChI=1S/C18H17FN2O3/c1-24-14-8-6-13(7-9-14)21-17(22)10-16(18(21)23)20-11-12-4-2-3-5-15(12)19/h2-9,16,20H,10-11H2,1H3. The van der Waals surface area contributed by atoms with E-state index in [2.05, 4.69) is 5.32 Å². The van der Waals surface area contributed by atoms with Gasteiger partial charge < -0.3 is 10.1 Å². The molecule has 6 heteroatoms. The van der Waals surface area contributed by atoms with Gasteiger partial charge in [-0.1, -0.05) is 18.2 Å². The first-order valence-corrected chi connectivity index (χ1v) is 7.58. The van der Waals surface area contributed by atoms with Crippen LogP contribution < -0.4 is 15.0 Å². The van der Waals surface area contributed by atoms with E-state index < -0.39 is 6.04 Å². The van der Waals surface area contributed by atoms with Crippen molar-refractivity contribution in [1.82, 2.24) is 5.32 Å². The summed E-state index contributed by atoms with van der Waals surface area (Å²) < 4.78 is 18.7. The molecule has 2 amide bonds. The van der Waals surface area contributed by atoms with Crippen LogP contribution in [0.25, 0.3) is 0 Å². The molecular formula is C18H17FN2O3. The van der Waals surface area contributed by atoms with Gasteiger partial charge in [0.05, 0.1) is 25.3 Å². The van der Waals surface area contributed by atoms with Gasteiger partial charge in [-0.2, -0.15) is 0 Å². The number of nitrogens with zero attached hydrogens (tertiary/aromatic N) is 1. The molecule has 1 saturated heterocycles. The second kappa shape index (κ2) is 6.80. The second-order valence-corrected chi connectivity index (χ2v) is 5.49. The lowest BCUT2D eigenvalue weighted by Crippen LogP contribution is -2.38. The Hall–Kier alpha value is -2.73. The highest BCUT2D eigenvalue weighted by molar-refractivity contribution is 6.22. The number of imide groups is 1. The number of rotatable bonds is 5. The van der Waals surface area contributed by atoms with Gasteiger partial charge in [-0.25, -0.2) is 9.29 Å². The largest absolute Gasteiger partial charge is 0.497 e. The first-order chi connectivity index (χ1) is 11.6. The molecular weight excluding hydrogens is 311 g/mol. The van der Waals surface area contributed by atoms with E-state index >= 15 is 0 Å². The highest BCUT2D eigenvalue weighted by Gasteiger charge is 2.39. The van der Waals surface area contributed by atoms with Crippen LogP contribution in [0.2, 0.25) is 0 Å². The lowest BCUT2D eigenvalue weighted by molar-refractivity contribution is -0.121. The molecule has 0 spiro atoms. The fourth-order valence-corrected chi connectivity index (χ4v) is 2.67. The average Bonchev–Trinajstić information content (AvgIpc) is 2.88. The molecule has 3 rings (SSSR count). The molecule has 2 aromatic carbocycles. The van der Waals surface area contributed by atoms with Crippen LogP contribution in [0.4, 0.5) is 10.1 Å². The molecule has 1 unspecified atom stereocenters. The summed E-state index contributed by atoms with van der Waals surface area (Å²) in [7, 11) is 1.55. The molecule has 0 aliphatic carbocycles. The normalized spacial score (nSPS) is 17.4. The van der Waals surface area contributed by atoms with Crippen LogP contribution >= 0.6 is 0 Å². The maximum absolute atomic E-state index is 13.6. The smallest absolute Gasteiger partial charge is 0.251 e. The molecule has 1 fully saturated rings. The molecule has 1 heterocycles. The van der Waals surface area contributed by atoms with Gasteiger partial charge in [0.2, 0.25) is 5.91 Å². The summed E-state index contributed by atoms with van der Waals surface area (Å²) >= 11 is 0. The van der Waals surface area contributed by atoms with E-state index in [1.165, 1.54) is 6.07 Å². The zero-order chi connectivity index (χ0) is 17.1. The zero-order valence-corrected chi connectivity index (χ0v) is 13.2. The molecule has 0 bridgehead atoms. The Kier molecular flexibility index (Phi) is 4.57. The predicted octanol–water partition coefficient (Wildman–Crippen LogP) is 2.26. The predicted molar refractivity (Wildman–Crippen MR) is 87.1 cm³/mol. The maximum Gasteiger partial charge on any atom is 0.251 e. The molecule has 1 atom stereocenters. The molecule has 1 aliphatic heterocycles. The molecule has 0 saturated carbocycles. The van der Waals surface area contributed by atoms with Gasteiger partial charge in [-0.05, 0) is 30.3 Å². The number of anilines is 1. The molecule has 0 aromatic heterocycles. The third-order valence-electron chi connectivity index (χ3n) is 3.97. The van der Waals surface area contributed by atoms with E-state index in [1.807, 2.05) is 0 Å². The van der Waals surface area contributed by atoms with E-state index in [0.29, 0.717) is 17.0 Å². The van der Waals surface area contributed by atoms with Crippen molar-refractivity contribution in [3.8, 4) is 5.75 Å². The Morgan fingerprint density at radius 3 is 2.54 bits per heavy atom. The molecule has 0 radical (unpaired) electrons. The zero-order valence-electron chi connectivity index (χ0n) is 13.2. The van der Waals surface area contributed by atoms with Gasteiger partial charge in [0.25, 0.3) is 5.91 Å². The lowest BCUT2D eigenvalue weighted by atomic mass is 10.2. The Labute approximate surface area is 139 Å². The van der Waals surface area contributed by atoms with Crippen molar-refractivity contribution in [3.63, 3.8) is 0 Å². The van der Waals surface area contributed by atoms with Crippen LogP contribution in [-0.4, -0.2) is 25.0 Å². The van der Waals surface area contributed by atoms with Crippen molar-refractivity contribution in [3.05, 3.63) is 59.9 Å². The summed E-state index contributed by atoms with van der Waals surface area (Å²) in [5.41, 5.74) is 0.960. The van der Waals surface area contributed by atoms with Crippen molar-refractivity contribution in [2.45, 2.75) is 19.0 Å². The topological polar surface area (TPSA) is 58.6 Å². The number of carbonyl (C=O) groups excluding carboxylic acids is 2. The summed E-state index contributed by atoms with van der Waals surface area (Å²) in [6.45, 7) is 0.187. The van der Waals surface area contributed by atoms with Gasteiger partial charge in [0.1, 0.15) is 11.6 Å². The van der Waals surface area contributed by atoms with Crippen molar-refractivity contribution >= 4 is 17.5 Å². The number of hydrogen-bond donors (Lipinski definition) is 1. The first-order valence-electron chi connectivity index (χ1n) is 7.58. The Morgan fingerprint density at radius 1 is 1.17 bits per heavy atom. The number of carbonyl (C=O) groups is 2. The highest BCUT2D eigenvalue weighted by Crippen LogP contribution is 2.25. The van der Waals surface area contributed by atoms with Gasteiger partial charge in [0, 0.05) is 12.1 Å². The number of halogens is 1. The number of benzene rings is 2. The van der Waals surface area contributed by atoms with E-state index in [1.54, 1.807) is 49.6 Å². The SMILES string of the molecule is COc1ccc(N2C(=O)CC(NCc3ccccc3F)C2=O)cc1. The van der Waals surface area contributed by atoms with Crippen molar-refractivity contribution in [2.24, 2.45) is 0 Å². The van der Waals surface area contributed by atoms with Crippen LogP contribution in [0, 0.1) is 5.82 Å². The average molecular weight is 328 g/mol. The fourth-order valence-electron chi connectivity index (χ4n) is 2.67. The summed E-state index contributed by atoms with van der Waals surface area (Å²) in [5.74, 6) is -0.307. The number of ether oxygens (including phenoxy) is 1. The number of methoxy groups -OCH3 is 1. The minimum Gasteiger partial charge on any atom is -0.497 e. The van der Waals surface area contributed by atoms with Crippen LogP contribution in [-0.2, 0) is 16.1 Å². The van der Waals surface area contributed by atoms with E-state index in [9.17, 15) is 14.0 Å². The van der Waals surface area contributed by atoms with Crippen molar-refractivity contribution in [2.75, 3.05) is 12.0 Å². The molecule has 1 N–H and O–H groups in total. The molecule has 5 nitrogen and oxygen atoms in total. The van der Waals surface area contributed by atoms with Crippen LogP contribution in [0.3, 0.4) is 0 Å². The third-order valence-corrected chi connectivity index (χ3v) is 3.97. The van der Waals surface area contributed by atoms with Crippen LogP contribution in [0.5, 0.6) is 5.75 Å². The monoisotopic (exact) mass is 328 g/mol. The lowest BCUT2D eigenvalue weighted by Gasteiger charge is -2.16. The first kappa shape index (κ1) is 16.1. The molecule has 124 valence electrons. The summed E-state index contributed by atoms with van der Waals surface area (Å²) in [5, 5.41) is 2.96. The fraction of sp³-hybridized carbons (Fsp3) is 0.222. The van der Waals surface area contributed by atoms with Gasteiger partial charge in [0.15, 0.2) is 0 Å². The third kappa shape index (κ3) is 3.14.